The van der Waals surface area contributed by atoms with Gasteiger partial charge in [-0.15, -0.1) is 23.1 Å². The van der Waals surface area contributed by atoms with Crippen molar-refractivity contribution in [3.05, 3.63) is 45.6 Å². The maximum Gasteiger partial charge on any atom is 0.0931 e. The molecule has 0 radical (unpaired) electrons. The van der Waals surface area contributed by atoms with E-state index in [-0.39, 0.29) is 6.04 Å². The Balaban J connectivity index is 2.09. The van der Waals surface area contributed by atoms with Crippen LogP contribution in [0.1, 0.15) is 18.5 Å². The predicted octanol–water partition coefficient (Wildman–Crippen LogP) is 5.30. The summed E-state index contributed by atoms with van der Waals surface area (Å²) in [7, 11) is 0. The van der Waals surface area contributed by atoms with E-state index in [0.717, 1.165) is 10.0 Å². The summed E-state index contributed by atoms with van der Waals surface area (Å²) in [5.74, 6) is 0. The summed E-state index contributed by atoms with van der Waals surface area (Å²) < 4.78 is 0.839. The van der Waals surface area contributed by atoms with Crippen LogP contribution in [0.15, 0.2) is 40.6 Å². The van der Waals surface area contributed by atoms with Gasteiger partial charge in [0.2, 0.25) is 0 Å². The lowest BCUT2D eigenvalue weighted by molar-refractivity contribution is 0.890. The number of thiophene rings is 1. The highest BCUT2D eigenvalue weighted by Gasteiger charge is 2.07. The minimum atomic E-state index is 0.274. The van der Waals surface area contributed by atoms with E-state index < -0.39 is 0 Å². The summed E-state index contributed by atoms with van der Waals surface area (Å²) in [6.07, 6.45) is 2.08. The average molecular weight is 284 g/mol. The van der Waals surface area contributed by atoms with Crippen LogP contribution >= 0.6 is 34.7 Å². The Morgan fingerprint density at radius 3 is 2.82 bits per heavy atom. The van der Waals surface area contributed by atoms with Crippen LogP contribution in [0.3, 0.4) is 0 Å². The van der Waals surface area contributed by atoms with Crippen molar-refractivity contribution in [2.45, 2.75) is 17.9 Å². The molecule has 0 bridgehead atoms. The standard InChI is InChI=1S/C13H14ClNS2/c1-9(10-6-13(14)17-8-10)15-11-4-3-5-12(7-11)16-2/h3-9,15H,1-2H3. The van der Waals surface area contributed by atoms with Gasteiger partial charge in [-0.1, -0.05) is 17.7 Å². The van der Waals surface area contributed by atoms with E-state index in [4.69, 9.17) is 11.6 Å². The Bertz CT molecular complexity index is 496. The van der Waals surface area contributed by atoms with Crippen molar-refractivity contribution in [1.29, 1.82) is 0 Å². The lowest BCUT2D eigenvalue weighted by atomic mass is 10.1. The summed E-state index contributed by atoms with van der Waals surface area (Å²) in [4.78, 5) is 1.27. The third-order valence-electron chi connectivity index (χ3n) is 2.54. The molecule has 2 rings (SSSR count). The molecule has 1 atom stereocenters. The first kappa shape index (κ1) is 12.8. The molecule has 0 aliphatic rings. The first-order chi connectivity index (χ1) is 8.19. The van der Waals surface area contributed by atoms with Gasteiger partial charge in [0, 0.05) is 16.6 Å². The normalized spacial score (nSPS) is 12.4. The molecule has 1 nitrogen and oxygen atoms in total. The molecule has 1 unspecified atom stereocenters. The van der Waals surface area contributed by atoms with Crippen molar-refractivity contribution in [3.63, 3.8) is 0 Å². The van der Waals surface area contributed by atoms with Gasteiger partial charge in [-0.05, 0) is 48.4 Å². The molecule has 0 amide bonds. The largest absolute Gasteiger partial charge is 0.378 e. The quantitative estimate of drug-likeness (QED) is 0.765. The van der Waals surface area contributed by atoms with Gasteiger partial charge in [0.15, 0.2) is 0 Å². The molecule has 17 heavy (non-hydrogen) atoms. The molecule has 0 spiro atoms. The first-order valence-corrected chi connectivity index (χ1v) is 7.82. The molecule has 0 saturated heterocycles. The van der Waals surface area contributed by atoms with Crippen LogP contribution in [0.5, 0.6) is 0 Å². The number of anilines is 1. The average Bonchev–Trinajstić information content (AvgIpc) is 2.76. The Morgan fingerprint density at radius 1 is 1.35 bits per heavy atom. The minimum absolute atomic E-state index is 0.274. The summed E-state index contributed by atoms with van der Waals surface area (Å²) in [6.45, 7) is 2.14. The molecule has 0 aliphatic carbocycles. The van der Waals surface area contributed by atoms with E-state index in [1.165, 1.54) is 10.5 Å². The van der Waals surface area contributed by atoms with Gasteiger partial charge in [-0.2, -0.15) is 0 Å². The van der Waals surface area contributed by atoms with Crippen molar-refractivity contribution in [3.8, 4) is 0 Å². The molecule has 0 saturated carbocycles. The van der Waals surface area contributed by atoms with Crippen LogP contribution in [0.4, 0.5) is 5.69 Å². The van der Waals surface area contributed by atoms with Crippen LogP contribution in [0.25, 0.3) is 0 Å². The van der Waals surface area contributed by atoms with Crippen molar-refractivity contribution in [2.75, 3.05) is 11.6 Å². The van der Waals surface area contributed by atoms with Gasteiger partial charge in [0.05, 0.1) is 4.34 Å². The fourth-order valence-corrected chi connectivity index (χ4v) is 3.04. The van der Waals surface area contributed by atoms with Crippen LogP contribution < -0.4 is 5.32 Å². The van der Waals surface area contributed by atoms with Crippen LogP contribution in [0, 0.1) is 0 Å². The fraction of sp³-hybridized carbons (Fsp3) is 0.231. The van der Waals surface area contributed by atoms with Gasteiger partial charge in [-0.25, -0.2) is 0 Å². The Labute approximate surface area is 115 Å². The number of hydrogen-bond acceptors (Lipinski definition) is 3. The molecule has 4 heteroatoms. The number of thioether (sulfide) groups is 1. The zero-order valence-electron chi connectivity index (χ0n) is 9.74. The summed E-state index contributed by atoms with van der Waals surface area (Å²) in [5.41, 5.74) is 2.38. The van der Waals surface area contributed by atoms with Crippen molar-refractivity contribution < 1.29 is 0 Å². The van der Waals surface area contributed by atoms with E-state index in [2.05, 4.69) is 48.1 Å². The zero-order chi connectivity index (χ0) is 12.3. The van der Waals surface area contributed by atoms with E-state index >= 15 is 0 Å². The third-order valence-corrected chi connectivity index (χ3v) is 4.38. The van der Waals surface area contributed by atoms with Gasteiger partial charge in [-0.3, -0.25) is 0 Å². The Hall–Kier alpha value is -0.640. The minimum Gasteiger partial charge on any atom is -0.378 e. The second kappa shape index (κ2) is 5.80. The summed E-state index contributed by atoms with van der Waals surface area (Å²) in [6, 6.07) is 10.7. The second-order valence-corrected chi connectivity index (χ2v) is 6.20. The second-order valence-electron chi connectivity index (χ2n) is 3.78. The number of halogens is 1. The topological polar surface area (TPSA) is 12.0 Å². The molecular formula is C13H14ClNS2. The smallest absolute Gasteiger partial charge is 0.0931 e. The Morgan fingerprint density at radius 2 is 2.18 bits per heavy atom. The molecule has 1 N–H and O–H groups in total. The number of rotatable bonds is 4. The Kier molecular flexibility index (Phi) is 4.37. The molecular weight excluding hydrogens is 270 g/mol. The molecule has 1 aromatic carbocycles. The molecule has 2 aromatic rings. The van der Waals surface area contributed by atoms with E-state index in [9.17, 15) is 0 Å². The summed E-state index contributed by atoms with van der Waals surface area (Å²) >= 11 is 9.27. The van der Waals surface area contributed by atoms with Crippen molar-refractivity contribution >= 4 is 40.4 Å². The third kappa shape index (κ3) is 3.41. The van der Waals surface area contributed by atoms with Crippen LogP contribution in [0.2, 0.25) is 4.34 Å². The highest BCUT2D eigenvalue weighted by atomic mass is 35.5. The van der Waals surface area contributed by atoms with Crippen LogP contribution in [-0.2, 0) is 0 Å². The van der Waals surface area contributed by atoms with Gasteiger partial charge in [0.1, 0.15) is 0 Å². The lowest BCUT2D eigenvalue weighted by Gasteiger charge is -2.14. The highest BCUT2D eigenvalue weighted by Crippen LogP contribution is 2.28. The molecule has 1 heterocycles. The summed E-state index contributed by atoms with van der Waals surface area (Å²) in [5, 5.41) is 5.58. The van der Waals surface area contributed by atoms with Crippen molar-refractivity contribution in [1.82, 2.24) is 0 Å². The predicted molar refractivity (Wildman–Crippen MR) is 79.6 cm³/mol. The first-order valence-electron chi connectivity index (χ1n) is 5.33. The molecule has 90 valence electrons. The number of benzene rings is 1. The fourth-order valence-electron chi connectivity index (χ4n) is 1.60. The van der Waals surface area contributed by atoms with Gasteiger partial charge < -0.3 is 5.32 Å². The molecule has 1 aromatic heterocycles. The van der Waals surface area contributed by atoms with E-state index in [0.29, 0.717) is 0 Å². The van der Waals surface area contributed by atoms with Crippen molar-refractivity contribution in [2.24, 2.45) is 0 Å². The lowest BCUT2D eigenvalue weighted by Crippen LogP contribution is -2.05. The highest BCUT2D eigenvalue weighted by molar-refractivity contribution is 7.98. The maximum absolute atomic E-state index is 5.94. The zero-order valence-corrected chi connectivity index (χ0v) is 12.1. The molecule has 0 fully saturated rings. The number of hydrogen-bond donors (Lipinski definition) is 1. The van der Waals surface area contributed by atoms with Gasteiger partial charge in [0.25, 0.3) is 0 Å². The number of nitrogens with one attached hydrogen (secondary N) is 1. The SMILES string of the molecule is CSc1cccc(NC(C)c2csc(Cl)c2)c1. The monoisotopic (exact) mass is 283 g/mol. The maximum atomic E-state index is 5.94. The van der Waals surface area contributed by atoms with E-state index in [1.807, 2.05) is 6.07 Å². The molecule has 0 aliphatic heterocycles. The van der Waals surface area contributed by atoms with Gasteiger partial charge >= 0.3 is 0 Å². The van der Waals surface area contributed by atoms with Crippen LogP contribution in [-0.4, -0.2) is 6.26 Å². The van der Waals surface area contributed by atoms with E-state index in [1.54, 1.807) is 23.1 Å².